The summed E-state index contributed by atoms with van der Waals surface area (Å²) in [5.74, 6) is 1.15. The van der Waals surface area contributed by atoms with E-state index in [1.165, 1.54) is 27.4 Å². The molecule has 0 saturated carbocycles. The first-order valence-electron chi connectivity index (χ1n) is 11.2. The van der Waals surface area contributed by atoms with Crippen molar-refractivity contribution in [1.29, 1.82) is 0 Å². The molecule has 0 aromatic heterocycles. The molecule has 0 bridgehead atoms. The molecule has 0 N–H and O–H groups in total. The molecule has 3 heteroatoms. The van der Waals surface area contributed by atoms with E-state index in [0.29, 0.717) is 12.1 Å². The Morgan fingerprint density at radius 3 is 2.43 bits per heavy atom. The first-order chi connectivity index (χ1) is 14.0. The molecule has 0 amide bonds. The van der Waals surface area contributed by atoms with Crippen LogP contribution in [0.5, 0.6) is 5.75 Å². The van der Waals surface area contributed by atoms with E-state index in [9.17, 15) is 0 Å². The Hall–Kier alpha value is -1.85. The number of ether oxygens (including phenoxy) is 1. The minimum absolute atomic E-state index is 0.0395. The van der Waals surface area contributed by atoms with Gasteiger partial charge in [0, 0.05) is 5.54 Å². The third kappa shape index (κ3) is 4.02. The van der Waals surface area contributed by atoms with Crippen LogP contribution in [-0.2, 0) is 5.41 Å². The standard InChI is InChI=1S/C27H38OSi2/c1-10-17-28-25-23(18-19(2)26(29(6)7)24(25)27(3,4)5)30(8,9)22-16-15-20-13-11-12-14-21(20)22/h10-16,18,22,29H,1,17H2,2-9H3. The van der Waals surface area contributed by atoms with Crippen LogP contribution in [0, 0.1) is 6.92 Å². The second-order valence-electron chi connectivity index (χ2n) is 10.6. The third-order valence-electron chi connectivity index (χ3n) is 6.47. The molecule has 1 aliphatic carbocycles. The smallest absolute Gasteiger partial charge is 0.122 e. The van der Waals surface area contributed by atoms with Crippen molar-refractivity contribution in [3.05, 3.63) is 71.3 Å². The fourth-order valence-electron chi connectivity index (χ4n) is 5.12. The first-order valence-corrected chi connectivity index (χ1v) is 17.2. The molecular weight excluding hydrogens is 396 g/mol. The first kappa shape index (κ1) is 22.8. The summed E-state index contributed by atoms with van der Waals surface area (Å²) in [5.41, 5.74) is 6.25. The van der Waals surface area contributed by atoms with Crippen LogP contribution >= 0.6 is 0 Å². The van der Waals surface area contributed by atoms with Crippen LogP contribution in [0.2, 0.25) is 26.2 Å². The van der Waals surface area contributed by atoms with Gasteiger partial charge in [-0.2, -0.15) is 0 Å². The molecule has 0 aliphatic heterocycles. The summed E-state index contributed by atoms with van der Waals surface area (Å²) in [6, 6.07) is 11.4. The molecule has 1 aliphatic rings. The van der Waals surface area contributed by atoms with Crippen molar-refractivity contribution in [3.63, 3.8) is 0 Å². The van der Waals surface area contributed by atoms with Gasteiger partial charge in [0.05, 0.1) is 16.9 Å². The predicted molar refractivity (Wildman–Crippen MR) is 139 cm³/mol. The Kier molecular flexibility index (Phi) is 6.36. The Labute approximate surface area is 186 Å². The van der Waals surface area contributed by atoms with Crippen molar-refractivity contribution in [2.75, 3.05) is 6.61 Å². The van der Waals surface area contributed by atoms with Gasteiger partial charge in [-0.3, -0.25) is 0 Å². The molecule has 1 nitrogen and oxygen atoms in total. The lowest BCUT2D eigenvalue weighted by molar-refractivity contribution is 0.354. The van der Waals surface area contributed by atoms with Gasteiger partial charge < -0.3 is 4.74 Å². The summed E-state index contributed by atoms with van der Waals surface area (Å²) in [6.07, 6.45) is 6.62. The molecule has 2 aromatic rings. The third-order valence-corrected chi connectivity index (χ3v) is 12.2. The van der Waals surface area contributed by atoms with E-state index in [1.54, 1.807) is 5.19 Å². The molecule has 0 fully saturated rings. The maximum atomic E-state index is 6.54. The zero-order chi connectivity index (χ0) is 22.3. The van der Waals surface area contributed by atoms with E-state index in [0.717, 1.165) is 5.75 Å². The highest BCUT2D eigenvalue weighted by molar-refractivity contribution is 6.92. The van der Waals surface area contributed by atoms with E-state index < -0.39 is 16.9 Å². The summed E-state index contributed by atoms with van der Waals surface area (Å²) < 4.78 is 6.54. The van der Waals surface area contributed by atoms with Gasteiger partial charge in [0.1, 0.15) is 12.4 Å². The van der Waals surface area contributed by atoms with Gasteiger partial charge in [0.2, 0.25) is 0 Å². The zero-order valence-corrected chi connectivity index (χ0v) is 22.3. The Bertz CT molecular complexity index is 977. The SMILES string of the molecule is C=CCOc1c([Si](C)(C)C2C=Cc3ccccc32)cc(C)c([SiH](C)C)c1C(C)(C)C. The van der Waals surface area contributed by atoms with Gasteiger partial charge >= 0.3 is 0 Å². The molecule has 30 heavy (non-hydrogen) atoms. The summed E-state index contributed by atoms with van der Waals surface area (Å²) in [7, 11) is -2.95. The van der Waals surface area contributed by atoms with Gasteiger partial charge in [-0.25, -0.2) is 0 Å². The molecule has 0 saturated heterocycles. The normalized spacial score (nSPS) is 16.1. The Balaban J connectivity index is 2.30. The highest BCUT2D eigenvalue weighted by atomic mass is 28.3. The average Bonchev–Trinajstić information content (AvgIpc) is 3.10. The van der Waals surface area contributed by atoms with E-state index in [4.69, 9.17) is 4.74 Å². The summed E-state index contributed by atoms with van der Waals surface area (Å²) in [4.78, 5) is 0. The summed E-state index contributed by atoms with van der Waals surface area (Å²) >= 11 is 0. The number of hydrogen-bond acceptors (Lipinski definition) is 1. The average molecular weight is 435 g/mol. The van der Waals surface area contributed by atoms with Crippen LogP contribution in [0.4, 0.5) is 0 Å². The molecule has 0 radical (unpaired) electrons. The number of allylic oxidation sites excluding steroid dienone is 1. The van der Waals surface area contributed by atoms with Crippen molar-refractivity contribution < 1.29 is 4.74 Å². The maximum Gasteiger partial charge on any atom is 0.122 e. The largest absolute Gasteiger partial charge is 0.489 e. The summed E-state index contributed by atoms with van der Waals surface area (Å²) in [5, 5.41) is 3.04. The van der Waals surface area contributed by atoms with Gasteiger partial charge in [-0.05, 0) is 34.2 Å². The number of benzene rings is 2. The number of hydrogen-bond donors (Lipinski definition) is 0. The lowest BCUT2D eigenvalue weighted by atomic mass is 9.85. The van der Waals surface area contributed by atoms with Crippen molar-refractivity contribution in [3.8, 4) is 5.75 Å². The van der Waals surface area contributed by atoms with Crippen LogP contribution in [0.25, 0.3) is 6.08 Å². The number of aryl methyl sites for hydroxylation is 1. The van der Waals surface area contributed by atoms with Crippen molar-refractivity contribution in [2.45, 2.75) is 64.8 Å². The predicted octanol–water partition coefficient (Wildman–Crippen LogP) is 5.82. The van der Waals surface area contributed by atoms with Gasteiger partial charge in [0.25, 0.3) is 0 Å². The minimum Gasteiger partial charge on any atom is -0.489 e. The number of fused-ring (bicyclic) bond motifs is 1. The molecule has 1 unspecified atom stereocenters. The van der Waals surface area contributed by atoms with Crippen molar-refractivity contribution in [1.82, 2.24) is 0 Å². The molecule has 0 heterocycles. The highest BCUT2D eigenvalue weighted by Crippen LogP contribution is 2.40. The fraction of sp³-hybridized carbons (Fsp3) is 0.407. The lowest BCUT2D eigenvalue weighted by Gasteiger charge is -2.37. The van der Waals surface area contributed by atoms with Crippen LogP contribution in [0.3, 0.4) is 0 Å². The topological polar surface area (TPSA) is 9.23 Å². The van der Waals surface area contributed by atoms with E-state index in [1.807, 2.05) is 6.08 Å². The van der Waals surface area contributed by atoms with E-state index in [-0.39, 0.29) is 5.41 Å². The highest BCUT2D eigenvalue weighted by Gasteiger charge is 2.41. The molecule has 1 atom stereocenters. The van der Waals surface area contributed by atoms with Crippen LogP contribution in [0.15, 0.2) is 49.1 Å². The molecule has 2 aromatic carbocycles. The lowest BCUT2D eigenvalue weighted by Crippen LogP contribution is -2.50. The monoisotopic (exact) mass is 434 g/mol. The minimum atomic E-state index is -1.92. The quantitative estimate of drug-likeness (QED) is 0.411. The summed E-state index contributed by atoms with van der Waals surface area (Å²) in [6.45, 7) is 23.7. The van der Waals surface area contributed by atoms with Gasteiger partial charge in [0.15, 0.2) is 0 Å². The number of rotatable bonds is 6. The zero-order valence-electron chi connectivity index (χ0n) is 20.1. The van der Waals surface area contributed by atoms with E-state index in [2.05, 4.69) is 103 Å². The van der Waals surface area contributed by atoms with Gasteiger partial charge in [-0.1, -0.05) is 113 Å². The van der Waals surface area contributed by atoms with Crippen molar-refractivity contribution in [2.24, 2.45) is 0 Å². The molecule has 3 rings (SSSR count). The van der Waals surface area contributed by atoms with Gasteiger partial charge in [-0.15, -0.1) is 0 Å². The molecule has 160 valence electrons. The maximum absolute atomic E-state index is 6.54. The van der Waals surface area contributed by atoms with E-state index >= 15 is 0 Å². The van der Waals surface area contributed by atoms with Crippen LogP contribution < -0.4 is 15.1 Å². The van der Waals surface area contributed by atoms with Crippen LogP contribution in [-0.4, -0.2) is 23.5 Å². The second kappa shape index (κ2) is 8.35. The molecule has 0 spiro atoms. The molecular formula is C27H38OSi2. The Morgan fingerprint density at radius 1 is 1.17 bits per heavy atom. The second-order valence-corrected chi connectivity index (χ2v) is 18.0. The van der Waals surface area contributed by atoms with Crippen LogP contribution in [0.1, 0.15) is 48.6 Å². The fourth-order valence-corrected chi connectivity index (χ4v) is 10.6. The van der Waals surface area contributed by atoms with Crippen molar-refractivity contribution >= 4 is 33.3 Å². The Morgan fingerprint density at radius 2 is 1.83 bits per heavy atom.